The number of rotatable bonds is 4. The van der Waals surface area contributed by atoms with Crippen molar-refractivity contribution >= 4 is 22.6 Å². The second-order valence-electron chi connectivity index (χ2n) is 4.33. The van der Waals surface area contributed by atoms with Gasteiger partial charge >= 0.3 is 0 Å². The Kier molecular flexibility index (Phi) is 5.18. The van der Waals surface area contributed by atoms with Gasteiger partial charge in [-0.05, 0) is 46.7 Å². The standard InChI is InChI=1S/C13H18FIN2/c14-6-5-13(17-9-7-16-8-10-17)11-1-3-12(15)4-2-11/h1-4,13,16H,5-10H2/t13-/m1/s1. The summed E-state index contributed by atoms with van der Waals surface area (Å²) in [6.45, 7) is 3.79. The highest BCUT2D eigenvalue weighted by Crippen LogP contribution is 2.25. The van der Waals surface area contributed by atoms with Crippen molar-refractivity contribution in [2.24, 2.45) is 0 Å². The molecule has 17 heavy (non-hydrogen) atoms. The van der Waals surface area contributed by atoms with Crippen LogP contribution >= 0.6 is 22.6 Å². The van der Waals surface area contributed by atoms with Crippen molar-refractivity contribution in [3.8, 4) is 0 Å². The molecule has 1 aliphatic heterocycles. The molecular formula is C13H18FIN2. The van der Waals surface area contributed by atoms with E-state index in [1.807, 2.05) is 0 Å². The number of halogens is 2. The molecule has 0 unspecified atom stereocenters. The van der Waals surface area contributed by atoms with Gasteiger partial charge in [0.1, 0.15) is 0 Å². The van der Waals surface area contributed by atoms with E-state index in [9.17, 15) is 4.39 Å². The monoisotopic (exact) mass is 348 g/mol. The van der Waals surface area contributed by atoms with Gasteiger partial charge in [-0.3, -0.25) is 9.29 Å². The maximum Gasteiger partial charge on any atom is 0.0912 e. The van der Waals surface area contributed by atoms with Crippen LogP contribution in [0.3, 0.4) is 0 Å². The minimum Gasteiger partial charge on any atom is -0.314 e. The highest BCUT2D eigenvalue weighted by Gasteiger charge is 2.21. The van der Waals surface area contributed by atoms with Crippen molar-refractivity contribution in [1.82, 2.24) is 10.2 Å². The molecule has 1 fully saturated rings. The van der Waals surface area contributed by atoms with Crippen LogP contribution in [0.2, 0.25) is 0 Å². The molecule has 0 bridgehead atoms. The van der Waals surface area contributed by atoms with Gasteiger partial charge in [-0.15, -0.1) is 0 Å². The third-order valence-corrected chi connectivity index (χ3v) is 3.95. The van der Waals surface area contributed by atoms with E-state index >= 15 is 0 Å². The van der Waals surface area contributed by atoms with Crippen molar-refractivity contribution in [1.29, 1.82) is 0 Å². The molecule has 1 aromatic carbocycles. The summed E-state index contributed by atoms with van der Waals surface area (Å²) in [7, 11) is 0. The Balaban J connectivity index is 2.12. The van der Waals surface area contributed by atoms with E-state index in [1.165, 1.54) is 9.13 Å². The molecule has 1 N–H and O–H groups in total. The molecule has 94 valence electrons. The smallest absolute Gasteiger partial charge is 0.0912 e. The fourth-order valence-corrected chi connectivity index (χ4v) is 2.70. The normalized spacial score (nSPS) is 19.2. The molecule has 0 aromatic heterocycles. The molecule has 1 saturated heterocycles. The largest absolute Gasteiger partial charge is 0.314 e. The third kappa shape index (κ3) is 3.63. The predicted octanol–water partition coefficient (Wildman–Crippen LogP) is 2.60. The van der Waals surface area contributed by atoms with Gasteiger partial charge in [0.2, 0.25) is 0 Å². The Hall–Kier alpha value is -0.200. The SMILES string of the molecule is FCC[C@H](c1ccc(I)cc1)N1CCNCC1. The van der Waals surface area contributed by atoms with Gasteiger partial charge in [0.25, 0.3) is 0 Å². The fraction of sp³-hybridized carbons (Fsp3) is 0.538. The Morgan fingerprint density at radius 2 is 1.88 bits per heavy atom. The van der Waals surface area contributed by atoms with Gasteiger partial charge in [0, 0.05) is 35.8 Å². The van der Waals surface area contributed by atoms with Crippen LogP contribution in [0.15, 0.2) is 24.3 Å². The van der Waals surface area contributed by atoms with Crippen LogP contribution in [0.5, 0.6) is 0 Å². The summed E-state index contributed by atoms with van der Waals surface area (Å²) in [6, 6.07) is 8.69. The molecule has 1 aromatic rings. The quantitative estimate of drug-likeness (QED) is 0.842. The molecule has 2 rings (SSSR count). The lowest BCUT2D eigenvalue weighted by molar-refractivity contribution is 0.157. The molecule has 0 radical (unpaired) electrons. The van der Waals surface area contributed by atoms with Gasteiger partial charge in [-0.25, -0.2) is 0 Å². The second kappa shape index (κ2) is 6.66. The van der Waals surface area contributed by atoms with Crippen LogP contribution in [0, 0.1) is 3.57 Å². The summed E-state index contributed by atoms with van der Waals surface area (Å²) in [4.78, 5) is 2.39. The molecular weight excluding hydrogens is 330 g/mol. The van der Waals surface area contributed by atoms with Crippen molar-refractivity contribution < 1.29 is 4.39 Å². The molecule has 0 spiro atoms. The van der Waals surface area contributed by atoms with E-state index in [4.69, 9.17) is 0 Å². The summed E-state index contributed by atoms with van der Waals surface area (Å²) in [5.74, 6) is 0. The van der Waals surface area contributed by atoms with E-state index < -0.39 is 0 Å². The molecule has 0 aliphatic carbocycles. The third-order valence-electron chi connectivity index (χ3n) is 3.23. The summed E-state index contributed by atoms with van der Waals surface area (Å²) in [5, 5.41) is 3.34. The van der Waals surface area contributed by atoms with Crippen LogP contribution in [-0.2, 0) is 0 Å². The lowest BCUT2D eigenvalue weighted by Crippen LogP contribution is -2.45. The van der Waals surface area contributed by atoms with Crippen molar-refractivity contribution in [2.75, 3.05) is 32.9 Å². The number of hydrogen-bond acceptors (Lipinski definition) is 2. The maximum absolute atomic E-state index is 12.7. The van der Waals surface area contributed by atoms with Crippen LogP contribution < -0.4 is 5.32 Å². The average molecular weight is 348 g/mol. The van der Waals surface area contributed by atoms with Crippen molar-refractivity contribution in [3.63, 3.8) is 0 Å². The number of hydrogen-bond donors (Lipinski definition) is 1. The minimum atomic E-state index is -0.249. The molecule has 4 heteroatoms. The average Bonchev–Trinajstić information content (AvgIpc) is 2.38. The van der Waals surface area contributed by atoms with E-state index in [0.29, 0.717) is 6.42 Å². The predicted molar refractivity (Wildman–Crippen MR) is 76.9 cm³/mol. The maximum atomic E-state index is 12.7. The van der Waals surface area contributed by atoms with E-state index in [0.717, 1.165) is 26.2 Å². The second-order valence-corrected chi connectivity index (χ2v) is 5.58. The van der Waals surface area contributed by atoms with Crippen molar-refractivity contribution in [2.45, 2.75) is 12.5 Å². The van der Waals surface area contributed by atoms with Crippen molar-refractivity contribution in [3.05, 3.63) is 33.4 Å². The Bertz CT molecular complexity index is 336. The zero-order valence-electron chi connectivity index (χ0n) is 9.83. The lowest BCUT2D eigenvalue weighted by Gasteiger charge is -2.34. The fourth-order valence-electron chi connectivity index (χ4n) is 2.34. The first-order valence-electron chi connectivity index (χ1n) is 6.07. The van der Waals surface area contributed by atoms with Gasteiger partial charge in [0.15, 0.2) is 0 Å². The first-order valence-corrected chi connectivity index (χ1v) is 7.15. The summed E-state index contributed by atoms with van der Waals surface area (Å²) >= 11 is 2.30. The number of alkyl halides is 1. The lowest BCUT2D eigenvalue weighted by atomic mass is 10.0. The molecule has 1 heterocycles. The molecule has 1 atom stereocenters. The summed E-state index contributed by atoms with van der Waals surface area (Å²) in [5.41, 5.74) is 1.24. The van der Waals surface area contributed by atoms with E-state index in [-0.39, 0.29) is 12.7 Å². The zero-order chi connectivity index (χ0) is 12.1. The number of piperazine rings is 1. The van der Waals surface area contributed by atoms with Gasteiger partial charge in [-0.2, -0.15) is 0 Å². The Labute approximate surface area is 116 Å². The molecule has 2 nitrogen and oxygen atoms in total. The molecule has 0 saturated carbocycles. The number of nitrogens with one attached hydrogen (secondary N) is 1. The van der Waals surface area contributed by atoms with Gasteiger partial charge in [-0.1, -0.05) is 12.1 Å². The minimum absolute atomic E-state index is 0.235. The zero-order valence-corrected chi connectivity index (χ0v) is 12.0. The topological polar surface area (TPSA) is 15.3 Å². The van der Waals surface area contributed by atoms with Crippen LogP contribution in [-0.4, -0.2) is 37.8 Å². The van der Waals surface area contributed by atoms with Gasteiger partial charge in [0.05, 0.1) is 6.67 Å². The van der Waals surface area contributed by atoms with Gasteiger partial charge < -0.3 is 5.32 Å². The van der Waals surface area contributed by atoms with Crippen LogP contribution in [0.1, 0.15) is 18.0 Å². The first kappa shape index (κ1) is 13.2. The highest BCUT2D eigenvalue weighted by atomic mass is 127. The summed E-state index contributed by atoms with van der Waals surface area (Å²) < 4.78 is 13.9. The number of nitrogens with zero attached hydrogens (tertiary/aromatic N) is 1. The molecule has 0 amide bonds. The summed E-state index contributed by atoms with van der Waals surface area (Å²) in [6.07, 6.45) is 0.598. The highest BCUT2D eigenvalue weighted by molar-refractivity contribution is 14.1. The van der Waals surface area contributed by atoms with E-state index in [1.54, 1.807) is 0 Å². The first-order chi connectivity index (χ1) is 8.31. The Morgan fingerprint density at radius 1 is 1.24 bits per heavy atom. The van der Waals surface area contributed by atoms with Crippen LogP contribution in [0.4, 0.5) is 4.39 Å². The Morgan fingerprint density at radius 3 is 2.47 bits per heavy atom. The van der Waals surface area contributed by atoms with E-state index in [2.05, 4.69) is 57.1 Å². The molecule has 1 aliphatic rings. The van der Waals surface area contributed by atoms with Crippen LogP contribution in [0.25, 0.3) is 0 Å². The number of benzene rings is 1.